The van der Waals surface area contributed by atoms with Crippen LogP contribution in [0.3, 0.4) is 0 Å². The smallest absolute Gasteiger partial charge is 0.0438 e. The van der Waals surface area contributed by atoms with E-state index < -0.39 is 0 Å². The second-order valence-corrected chi connectivity index (χ2v) is 3.47. The molecule has 0 radical (unpaired) electrons. The molecule has 0 saturated heterocycles. The summed E-state index contributed by atoms with van der Waals surface area (Å²) in [5.41, 5.74) is 5.46. The van der Waals surface area contributed by atoms with Crippen molar-refractivity contribution in [2.24, 2.45) is 0 Å². The van der Waals surface area contributed by atoms with Crippen molar-refractivity contribution in [3.8, 4) is 0 Å². The summed E-state index contributed by atoms with van der Waals surface area (Å²) in [4.78, 5) is 0. The third-order valence-electron chi connectivity index (χ3n) is 1.96. The maximum atomic E-state index is 5.57. The average molecular weight is 184 g/mol. The van der Waals surface area contributed by atoms with Gasteiger partial charge in [-0.1, -0.05) is 11.6 Å². The second-order valence-electron chi connectivity index (χ2n) is 3.25. The number of hydrogen-bond donors (Lipinski definition) is 0. The summed E-state index contributed by atoms with van der Waals surface area (Å²) in [5, 5.41) is 0. The van der Waals surface area contributed by atoms with E-state index in [1.807, 2.05) is 6.92 Å². The molecule has 0 N–H and O–H groups in total. The molecule has 2 heteroatoms. The van der Waals surface area contributed by atoms with E-state index in [-0.39, 0.29) is 0 Å². The molecular weight excluding hydrogens is 170 g/mol. The van der Waals surface area contributed by atoms with Gasteiger partial charge < -0.3 is 4.57 Å². The highest BCUT2D eigenvalue weighted by atomic mass is 35.5. The summed E-state index contributed by atoms with van der Waals surface area (Å²) in [7, 11) is 0. The second kappa shape index (κ2) is 3.81. The molecule has 1 rings (SSSR count). The van der Waals surface area contributed by atoms with E-state index in [9.17, 15) is 0 Å². The van der Waals surface area contributed by atoms with Crippen LogP contribution in [0.15, 0.2) is 23.5 Å². The van der Waals surface area contributed by atoms with E-state index in [2.05, 4.69) is 30.8 Å². The molecule has 0 spiro atoms. The Morgan fingerprint density at radius 1 is 1.42 bits per heavy atom. The zero-order chi connectivity index (χ0) is 9.14. The van der Waals surface area contributed by atoms with Crippen LogP contribution in [0.4, 0.5) is 0 Å². The van der Waals surface area contributed by atoms with Crippen molar-refractivity contribution in [3.63, 3.8) is 0 Å². The Morgan fingerprint density at radius 2 is 1.92 bits per heavy atom. The van der Waals surface area contributed by atoms with E-state index in [1.165, 1.54) is 16.7 Å². The van der Waals surface area contributed by atoms with Crippen LogP contribution in [0.25, 0.3) is 0 Å². The molecule has 0 saturated carbocycles. The van der Waals surface area contributed by atoms with E-state index in [0.717, 1.165) is 6.54 Å². The standard InChI is InChI=1S/C10H14ClN/c1-8(4-11)5-12-6-9(2)10(3)7-12/h4,6-7H,5H2,1-3H3/b8-4-. The first kappa shape index (κ1) is 9.40. The van der Waals surface area contributed by atoms with Crippen LogP contribution in [0, 0.1) is 13.8 Å². The van der Waals surface area contributed by atoms with Crippen molar-refractivity contribution in [1.29, 1.82) is 0 Å². The first-order valence-corrected chi connectivity index (χ1v) is 4.46. The largest absolute Gasteiger partial charge is 0.350 e. The van der Waals surface area contributed by atoms with Gasteiger partial charge in [0.2, 0.25) is 0 Å². The van der Waals surface area contributed by atoms with Crippen molar-refractivity contribution < 1.29 is 0 Å². The lowest BCUT2D eigenvalue weighted by Gasteiger charge is -2.00. The van der Waals surface area contributed by atoms with Gasteiger partial charge in [0.25, 0.3) is 0 Å². The van der Waals surface area contributed by atoms with Gasteiger partial charge in [0, 0.05) is 24.5 Å². The normalized spacial score (nSPS) is 12.2. The van der Waals surface area contributed by atoms with Crippen molar-refractivity contribution in [2.75, 3.05) is 0 Å². The number of aromatic nitrogens is 1. The zero-order valence-corrected chi connectivity index (χ0v) is 8.52. The minimum absolute atomic E-state index is 0.887. The monoisotopic (exact) mass is 183 g/mol. The Labute approximate surface area is 78.7 Å². The summed E-state index contributed by atoms with van der Waals surface area (Å²) in [6, 6.07) is 0. The molecule has 1 aromatic heterocycles. The molecule has 66 valence electrons. The molecule has 1 aromatic rings. The van der Waals surface area contributed by atoms with Crippen LogP contribution in [-0.2, 0) is 6.54 Å². The third-order valence-corrected chi connectivity index (χ3v) is 2.33. The SMILES string of the molecule is C/C(=C/Cl)Cn1cc(C)c(C)c1. The number of aryl methyl sites for hydroxylation is 2. The molecule has 0 fully saturated rings. The van der Waals surface area contributed by atoms with E-state index in [4.69, 9.17) is 11.6 Å². The minimum atomic E-state index is 0.887. The lowest BCUT2D eigenvalue weighted by Crippen LogP contribution is -1.94. The fourth-order valence-electron chi connectivity index (χ4n) is 1.15. The Bertz CT molecular complexity index is 277. The van der Waals surface area contributed by atoms with Crippen LogP contribution < -0.4 is 0 Å². The Morgan fingerprint density at radius 3 is 2.33 bits per heavy atom. The summed E-state index contributed by atoms with van der Waals surface area (Å²) >= 11 is 5.57. The van der Waals surface area contributed by atoms with E-state index in [0.29, 0.717) is 0 Å². The van der Waals surface area contributed by atoms with Crippen molar-refractivity contribution in [2.45, 2.75) is 27.3 Å². The quantitative estimate of drug-likeness (QED) is 0.664. The Kier molecular flexibility index (Phi) is 2.99. The lowest BCUT2D eigenvalue weighted by molar-refractivity contribution is 0.789. The predicted octanol–water partition coefficient (Wildman–Crippen LogP) is 3.25. The topological polar surface area (TPSA) is 4.93 Å². The number of hydrogen-bond acceptors (Lipinski definition) is 0. The lowest BCUT2D eigenvalue weighted by atomic mass is 10.2. The molecule has 0 atom stereocenters. The summed E-state index contributed by atoms with van der Waals surface area (Å²) in [6.07, 6.45) is 4.28. The van der Waals surface area contributed by atoms with Crippen LogP contribution in [0.2, 0.25) is 0 Å². The Hall–Kier alpha value is -0.690. The molecule has 0 unspecified atom stereocenters. The van der Waals surface area contributed by atoms with Crippen molar-refractivity contribution in [1.82, 2.24) is 4.57 Å². The number of allylic oxidation sites excluding steroid dienone is 1. The van der Waals surface area contributed by atoms with Crippen LogP contribution in [0.1, 0.15) is 18.1 Å². The highest BCUT2D eigenvalue weighted by molar-refractivity contribution is 6.25. The van der Waals surface area contributed by atoms with Crippen molar-refractivity contribution in [3.05, 3.63) is 34.6 Å². The van der Waals surface area contributed by atoms with Crippen LogP contribution >= 0.6 is 11.6 Å². The Balaban J connectivity index is 2.77. The van der Waals surface area contributed by atoms with Gasteiger partial charge in [0.1, 0.15) is 0 Å². The van der Waals surface area contributed by atoms with Gasteiger partial charge >= 0.3 is 0 Å². The number of rotatable bonds is 2. The van der Waals surface area contributed by atoms with Gasteiger partial charge in [-0.3, -0.25) is 0 Å². The average Bonchev–Trinajstić information content (AvgIpc) is 2.31. The maximum Gasteiger partial charge on any atom is 0.0438 e. The maximum absolute atomic E-state index is 5.57. The van der Waals surface area contributed by atoms with Gasteiger partial charge in [-0.15, -0.1) is 0 Å². The molecular formula is C10H14ClN. The van der Waals surface area contributed by atoms with Gasteiger partial charge in [0.05, 0.1) is 0 Å². The predicted molar refractivity (Wildman–Crippen MR) is 53.5 cm³/mol. The molecule has 0 amide bonds. The highest BCUT2D eigenvalue weighted by Crippen LogP contribution is 2.09. The molecule has 1 heterocycles. The molecule has 1 nitrogen and oxygen atoms in total. The zero-order valence-electron chi connectivity index (χ0n) is 7.76. The van der Waals surface area contributed by atoms with E-state index >= 15 is 0 Å². The minimum Gasteiger partial charge on any atom is -0.350 e. The molecule has 0 aromatic carbocycles. The van der Waals surface area contributed by atoms with Crippen LogP contribution in [-0.4, -0.2) is 4.57 Å². The van der Waals surface area contributed by atoms with Crippen LogP contribution in [0.5, 0.6) is 0 Å². The van der Waals surface area contributed by atoms with Gasteiger partial charge in [-0.25, -0.2) is 0 Å². The summed E-state index contributed by atoms with van der Waals surface area (Å²) < 4.78 is 2.15. The third kappa shape index (κ3) is 2.15. The summed E-state index contributed by atoms with van der Waals surface area (Å²) in [5.74, 6) is 0. The molecule has 0 aliphatic carbocycles. The van der Waals surface area contributed by atoms with Gasteiger partial charge in [-0.05, 0) is 37.5 Å². The van der Waals surface area contributed by atoms with Gasteiger partial charge in [-0.2, -0.15) is 0 Å². The number of halogens is 1. The highest BCUT2D eigenvalue weighted by Gasteiger charge is 1.97. The van der Waals surface area contributed by atoms with Gasteiger partial charge in [0.15, 0.2) is 0 Å². The molecule has 12 heavy (non-hydrogen) atoms. The van der Waals surface area contributed by atoms with E-state index in [1.54, 1.807) is 5.54 Å². The van der Waals surface area contributed by atoms with Crippen molar-refractivity contribution >= 4 is 11.6 Å². The first-order chi connectivity index (χ1) is 5.63. The molecule has 0 aliphatic heterocycles. The fraction of sp³-hybridized carbons (Fsp3) is 0.400. The fourth-order valence-corrected chi connectivity index (χ4v) is 1.22. The summed E-state index contributed by atoms with van der Waals surface area (Å²) in [6.45, 7) is 7.15. The number of nitrogens with zero attached hydrogens (tertiary/aromatic N) is 1. The first-order valence-electron chi connectivity index (χ1n) is 4.02. The molecule has 0 bridgehead atoms. The molecule has 0 aliphatic rings.